The van der Waals surface area contributed by atoms with Gasteiger partial charge in [0.25, 0.3) is 5.91 Å². The van der Waals surface area contributed by atoms with E-state index in [2.05, 4.69) is 5.32 Å². The van der Waals surface area contributed by atoms with Crippen molar-refractivity contribution in [2.75, 3.05) is 27.4 Å². The third-order valence-corrected chi connectivity index (χ3v) is 5.79. The van der Waals surface area contributed by atoms with E-state index in [0.29, 0.717) is 47.8 Å². The summed E-state index contributed by atoms with van der Waals surface area (Å²) in [6.45, 7) is 6.60. The fourth-order valence-electron chi connectivity index (χ4n) is 4.10. The third-order valence-electron chi connectivity index (χ3n) is 5.79. The molecule has 3 rings (SSSR count). The van der Waals surface area contributed by atoms with Gasteiger partial charge in [0.05, 0.1) is 26.4 Å². The lowest BCUT2D eigenvalue weighted by molar-refractivity contribution is 0.0513. The quantitative estimate of drug-likeness (QED) is 0.452. The molecule has 0 aliphatic rings. The van der Waals surface area contributed by atoms with Gasteiger partial charge in [-0.15, -0.1) is 0 Å². The van der Waals surface area contributed by atoms with Crippen LogP contribution >= 0.6 is 0 Å². The predicted octanol–water partition coefficient (Wildman–Crippen LogP) is 4.32. The average Bonchev–Trinajstić information content (AvgIpc) is 3.08. The molecule has 34 heavy (non-hydrogen) atoms. The number of hydrogen-bond donors (Lipinski definition) is 1. The first-order valence-electron chi connectivity index (χ1n) is 11.3. The molecule has 0 unspecified atom stereocenters. The van der Waals surface area contributed by atoms with Gasteiger partial charge >= 0.3 is 5.97 Å². The highest BCUT2D eigenvalue weighted by atomic mass is 16.5. The van der Waals surface area contributed by atoms with E-state index in [9.17, 15) is 9.59 Å². The number of esters is 1. The number of ether oxygens (including phenoxy) is 3. The highest BCUT2D eigenvalue weighted by molar-refractivity contribution is 6.01. The van der Waals surface area contributed by atoms with Crippen molar-refractivity contribution >= 4 is 11.9 Å². The lowest BCUT2D eigenvalue weighted by Gasteiger charge is -2.12. The minimum absolute atomic E-state index is 0.215. The van der Waals surface area contributed by atoms with Crippen molar-refractivity contribution in [1.29, 1.82) is 0 Å². The van der Waals surface area contributed by atoms with Crippen molar-refractivity contribution in [2.24, 2.45) is 0 Å². The van der Waals surface area contributed by atoms with Gasteiger partial charge in [-0.25, -0.2) is 4.79 Å². The molecule has 0 fully saturated rings. The second kappa shape index (κ2) is 11.4. The first kappa shape index (κ1) is 24.9. The molecule has 0 saturated carbocycles. The highest BCUT2D eigenvalue weighted by Gasteiger charge is 2.27. The summed E-state index contributed by atoms with van der Waals surface area (Å²) in [6, 6.07) is 15.5. The number of carbonyl (C=O) groups excluding carboxylic acids is 2. The molecular weight excluding hydrogens is 432 g/mol. The van der Waals surface area contributed by atoms with Crippen LogP contribution in [-0.2, 0) is 17.7 Å². The zero-order valence-corrected chi connectivity index (χ0v) is 20.4. The Labute approximate surface area is 200 Å². The first-order valence-corrected chi connectivity index (χ1v) is 11.3. The number of methoxy groups -OCH3 is 2. The van der Waals surface area contributed by atoms with Gasteiger partial charge < -0.3 is 24.1 Å². The number of aromatic nitrogens is 1. The van der Waals surface area contributed by atoms with E-state index >= 15 is 0 Å². The Morgan fingerprint density at radius 2 is 1.65 bits per heavy atom. The molecule has 7 nitrogen and oxygen atoms in total. The third kappa shape index (κ3) is 5.42. The second-order valence-electron chi connectivity index (χ2n) is 7.92. The molecule has 2 aromatic carbocycles. The number of amides is 1. The van der Waals surface area contributed by atoms with Crippen LogP contribution in [0.1, 0.15) is 50.2 Å². The van der Waals surface area contributed by atoms with Gasteiger partial charge in [-0.3, -0.25) is 4.79 Å². The molecule has 0 atom stereocenters. The van der Waals surface area contributed by atoms with Gasteiger partial charge in [0.2, 0.25) is 0 Å². The van der Waals surface area contributed by atoms with E-state index in [0.717, 1.165) is 16.8 Å². The number of hydrogen-bond acceptors (Lipinski definition) is 5. The Kier molecular flexibility index (Phi) is 8.35. The monoisotopic (exact) mass is 464 g/mol. The number of rotatable bonds is 10. The van der Waals surface area contributed by atoms with Crippen LogP contribution in [0.25, 0.3) is 0 Å². The molecule has 0 saturated heterocycles. The molecule has 1 N–H and O–H groups in total. The molecule has 0 radical (unpaired) electrons. The van der Waals surface area contributed by atoms with Crippen molar-refractivity contribution in [3.05, 3.63) is 82.2 Å². The van der Waals surface area contributed by atoms with Crippen LogP contribution in [0.3, 0.4) is 0 Å². The molecule has 0 bridgehead atoms. The maximum Gasteiger partial charge on any atom is 0.355 e. The van der Waals surface area contributed by atoms with Crippen LogP contribution in [0.5, 0.6) is 11.5 Å². The Morgan fingerprint density at radius 1 is 0.941 bits per heavy atom. The van der Waals surface area contributed by atoms with Crippen LogP contribution in [0.2, 0.25) is 0 Å². The van der Waals surface area contributed by atoms with Crippen LogP contribution in [0.15, 0.2) is 48.5 Å². The van der Waals surface area contributed by atoms with E-state index in [1.165, 1.54) is 0 Å². The van der Waals surface area contributed by atoms with Gasteiger partial charge in [0, 0.05) is 18.8 Å². The molecule has 1 amide bonds. The van der Waals surface area contributed by atoms with Crippen LogP contribution in [0, 0.1) is 13.8 Å². The Morgan fingerprint density at radius 3 is 2.29 bits per heavy atom. The second-order valence-corrected chi connectivity index (χ2v) is 7.92. The van der Waals surface area contributed by atoms with E-state index in [1.807, 2.05) is 60.0 Å². The molecule has 0 aliphatic heterocycles. The van der Waals surface area contributed by atoms with E-state index < -0.39 is 5.97 Å². The summed E-state index contributed by atoms with van der Waals surface area (Å²) in [5.74, 6) is 0.666. The molecule has 1 heterocycles. The van der Waals surface area contributed by atoms with Crippen LogP contribution < -0.4 is 14.8 Å². The average molecular weight is 465 g/mol. The van der Waals surface area contributed by atoms with E-state index in [1.54, 1.807) is 28.1 Å². The van der Waals surface area contributed by atoms with Crippen LogP contribution in [-0.4, -0.2) is 43.8 Å². The number of carbonyl (C=O) groups is 2. The predicted molar refractivity (Wildman–Crippen MR) is 131 cm³/mol. The highest BCUT2D eigenvalue weighted by Crippen LogP contribution is 2.28. The largest absolute Gasteiger partial charge is 0.493 e. The van der Waals surface area contributed by atoms with Gasteiger partial charge in [0.1, 0.15) is 5.69 Å². The minimum atomic E-state index is -0.427. The summed E-state index contributed by atoms with van der Waals surface area (Å²) in [4.78, 5) is 26.0. The van der Waals surface area contributed by atoms with Crippen molar-refractivity contribution in [3.8, 4) is 11.5 Å². The van der Waals surface area contributed by atoms with Crippen LogP contribution in [0.4, 0.5) is 0 Å². The molecule has 1 aromatic heterocycles. The van der Waals surface area contributed by atoms with Gasteiger partial charge in [-0.2, -0.15) is 0 Å². The van der Waals surface area contributed by atoms with E-state index in [4.69, 9.17) is 14.2 Å². The maximum absolute atomic E-state index is 13.2. The normalized spacial score (nSPS) is 10.6. The Bertz CT molecular complexity index is 1150. The topological polar surface area (TPSA) is 78.8 Å². The minimum Gasteiger partial charge on any atom is -0.493 e. The van der Waals surface area contributed by atoms with Crippen molar-refractivity contribution in [2.45, 2.75) is 33.7 Å². The SMILES string of the molecule is CCOC(=O)c1c(C)c(C(=O)NCCc2ccc(OC)c(OC)c2)c(C)n1Cc1ccccc1. The summed E-state index contributed by atoms with van der Waals surface area (Å²) in [5.41, 5.74) is 4.31. The van der Waals surface area contributed by atoms with Crippen molar-refractivity contribution in [1.82, 2.24) is 9.88 Å². The summed E-state index contributed by atoms with van der Waals surface area (Å²) in [7, 11) is 3.19. The zero-order chi connectivity index (χ0) is 24.7. The standard InChI is InChI=1S/C27H32N2O5/c1-6-34-27(31)25-18(2)24(19(3)29(25)17-21-10-8-7-9-11-21)26(30)28-15-14-20-12-13-22(32-4)23(16-20)33-5/h7-13,16H,6,14-15,17H2,1-5H3,(H,28,30). The smallest absolute Gasteiger partial charge is 0.355 e. The van der Waals surface area contributed by atoms with Crippen molar-refractivity contribution < 1.29 is 23.8 Å². The van der Waals surface area contributed by atoms with Gasteiger partial charge in [0.15, 0.2) is 11.5 Å². The molecule has 0 spiro atoms. The fraction of sp³-hybridized carbons (Fsp3) is 0.333. The first-order chi connectivity index (χ1) is 16.4. The van der Waals surface area contributed by atoms with Gasteiger partial charge in [-0.05, 0) is 56.0 Å². The summed E-state index contributed by atoms with van der Waals surface area (Å²) >= 11 is 0. The summed E-state index contributed by atoms with van der Waals surface area (Å²) in [5, 5.41) is 2.99. The summed E-state index contributed by atoms with van der Waals surface area (Å²) < 4.78 is 17.8. The maximum atomic E-state index is 13.2. The van der Waals surface area contributed by atoms with E-state index in [-0.39, 0.29) is 12.5 Å². The lowest BCUT2D eigenvalue weighted by atomic mass is 10.1. The molecule has 3 aromatic rings. The Balaban J connectivity index is 1.82. The summed E-state index contributed by atoms with van der Waals surface area (Å²) in [6.07, 6.45) is 0.625. The molecular formula is C27H32N2O5. The molecule has 0 aliphatic carbocycles. The zero-order valence-electron chi connectivity index (χ0n) is 20.4. The Hall–Kier alpha value is -3.74. The molecule has 7 heteroatoms. The fourth-order valence-corrected chi connectivity index (χ4v) is 4.10. The number of nitrogens with one attached hydrogen (secondary N) is 1. The molecule has 180 valence electrons. The van der Waals surface area contributed by atoms with Gasteiger partial charge in [-0.1, -0.05) is 36.4 Å². The van der Waals surface area contributed by atoms with Crippen molar-refractivity contribution in [3.63, 3.8) is 0 Å². The number of nitrogens with zero attached hydrogens (tertiary/aromatic N) is 1. The number of benzene rings is 2. The lowest BCUT2D eigenvalue weighted by Crippen LogP contribution is -2.26.